The molecule has 1 rings (SSSR count). The van der Waals surface area contributed by atoms with Gasteiger partial charge in [0, 0.05) is 6.07 Å². The molecule has 1 aromatic carbocycles. The third-order valence-corrected chi connectivity index (χ3v) is 2.12. The van der Waals surface area contributed by atoms with Crippen LogP contribution in [-0.4, -0.2) is 26.3 Å². The highest BCUT2D eigenvalue weighted by Crippen LogP contribution is 2.30. The second kappa shape index (κ2) is 6.54. The van der Waals surface area contributed by atoms with Crippen molar-refractivity contribution in [3.63, 3.8) is 0 Å². The summed E-state index contributed by atoms with van der Waals surface area (Å²) in [4.78, 5) is 11.7. The molecule has 102 valence electrons. The molecule has 0 aliphatic heterocycles. The number of hydrogen-bond acceptors (Lipinski definition) is 5. The number of benzene rings is 1. The second-order valence-corrected chi connectivity index (χ2v) is 3.26. The number of esters is 1. The molecule has 0 fully saturated rings. The van der Waals surface area contributed by atoms with Crippen LogP contribution < -0.4 is 9.47 Å². The Kier molecular flexibility index (Phi) is 5.06. The van der Waals surface area contributed by atoms with E-state index in [1.807, 2.05) is 0 Å². The van der Waals surface area contributed by atoms with Crippen molar-refractivity contribution < 1.29 is 27.8 Å². The van der Waals surface area contributed by atoms with Crippen molar-refractivity contribution in [2.24, 2.45) is 0 Å². The molecule has 0 aliphatic rings. The molecule has 0 N–H and O–H groups in total. The lowest BCUT2D eigenvalue weighted by atomic mass is 10.1. The van der Waals surface area contributed by atoms with Crippen molar-refractivity contribution in [2.75, 3.05) is 13.7 Å². The quantitative estimate of drug-likeness (QED) is 0.769. The summed E-state index contributed by atoms with van der Waals surface area (Å²) >= 11 is 0. The van der Waals surface area contributed by atoms with Crippen molar-refractivity contribution in [2.45, 2.75) is 13.5 Å². The van der Waals surface area contributed by atoms with E-state index < -0.39 is 12.6 Å². The molecule has 0 amide bonds. The molecule has 5 nitrogen and oxygen atoms in total. The van der Waals surface area contributed by atoms with Gasteiger partial charge in [0.05, 0.1) is 19.3 Å². The Balaban J connectivity index is 3.30. The van der Waals surface area contributed by atoms with Gasteiger partial charge in [0.25, 0.3) is 0 Å². The first-order valence-electron chi connectivity index (χ1n) is 5.27. The summed E-state index contributed by atoms with van der Waals surface area (Å²) in [7, 11) is 1.24. The van der Waals surface area contributed by atoms with E-state index in [9.17, 15) is 13.6 Å². The highest BCUT2D eigenvalue weighted by Gasteiger charge is 2.21. The van der Waals surface area contributed by atoms with Gasteiger partial charge in [-0.25, -0.2) is 4.79 Å². The maximum Gasteiger partial charge on any atom is 0.387 e. The molecular weight excluding hydrogens is 260 g/mol. The molecular formula is C12H11F2NO4. The van der Waals surface area contributed by atoms with Crippen molar-refractivity contribution in [3.05, 3.63) is 23.3 Å². The monoisotopic (exact) mass is 271 g/mol. The zero-order valence-electron chi connectivity index (χ0n) is 10.3. The molecule has 0 unspecified atom stereocenters. The molecule has 7 heteroatoms. The lowest BCUT2D eigenvalue weighted by molar-refractivity contribution is -0.0499. The van der Waals surface area contributed by atoms with Gasteiger partial charge in [-0.1, -0.05) is 0 Å². The maximum absolute atomic E-state index is 12.1. The topological polar surface area (TPSA) is 68.6 Å². The molecule has 0 aromatic heterocycles. The molecule has 0 radical (unpaired) electrons. The van der Waals surface area contributed by atoms with Crippen LogP contribution in [0.3, 0.4) is 0 Å². The molecule has 1 aromatic rings. The molecule has 0 saturated carbocycles. The van der Waals surface area contributed by atoms with Crippen LogP contribution in [0.1, 0.15) is 22.8 Å². The highest BCUT2D eigenvalue weighted by atomic mass is 19.3. The fourth-order valence-corrected chi connectivity index (χ4v) is 1.42. The molecule has 0 spiro atoms. The summed E-state index contributed by atoms with van der Waals surface area (Å²) in [6.45, 7) is -1.32. The van der Waals surface area contributed by atoms with E-state index in [2.05, 4.69) is 4.74 Å². The van der Waals surface area contributed by atoms with Crippen LogP contribution in [0, 0.1) is 11.3 Å². The van der Waals surface area contributed by atoms with Gasteiger partial charge in [0.15, 0.2) is 0 Å². The Morgan fingerprint density at radius 2 is 2.16 bits per heavy atom. The lowest BCUT2D eigenvalue weighted by Gasteiger charge is -2.12. The average molecular weight is 271 g/mol. The van der Waals surface area contributed by atoms with Gasteiger partial charge in [-0.2, -0.15) is 14.0 Å². The number of halogens is 2. The van der Waals surface area contributed by atoms with Gasteiger partial charge in [-0.3, -0.25) is 0 Å². The molecule has 19 heavy (non-hydrogen) atoms. The Labute approximate surface area is 108 Å². The fraction of sp³-hybridized carbons (Fsp3) is 0.333. The largest absolute Gasteiger partial charge is 0.496 e. The third kappa shape index (κ3) is 3.55. The van der Waals surface area contributed by atoms with Gasteiger partial charge in [0.2, 0.25) is 0 Å². The first-order valence-corrected chi connectivity index (χ1v) is 5.27. The van der Waals surface area contributed by atoms with Crippen LogP contribution in [0.4, 0.5) is 8.78 Å². The number of carbonyl (C=O) groups is 1. The Morgan fingerprint density at radius 1 is 1.47 bits per heavy atom. The van der Waals surface area contributed by atoms with Gasteiger partial charge in [-0.15, -0.1) is 0 Å². The number of carbonyl (C=O) groups excluding carboxylic acids is 1. The number of hydrogen-bond donors (Lipinski definition) is 0. The number of nitriles is 1. The van der Waals surface area contributed by atoms with Crippen LogP contribution in [0.5, 0.6) is 11.5 Å². The number of alkyl halides is 2. The number of methoxy groups -OCH3 is 1. The molecule has 0 heterocycles. The summed E-state index contributed by atoms with van der Waals surface area (Å²) in [6, 6.07) is 3.84. The summed E-state index contributed by atoms with van der Waals surface area (Å²) in [6.07, 6.45) is 0. The third-order valence-electron chi connectivity index (χ3n) is 2.12. The van der Waals surface area contributed by atoms with Gasteiger partial charge < -0.3 is 14.2 Å². The number of ether oxygens (including phenoxy) is 3. The van der Waals surface area contributed by atoms with Crippen LogP contribution in [0.25, 0.3) is 0 Å². The van der Waals surface area contributed by atoms with E-state index in [0.717, 1.165) is 12.1 Å². The maximum atomic E-state index is 12.1. The standard InChI is InChI=1S/C12H11F2NO4/c1-3-18-11(16)10-7(6-15)4-8(19-12(13)14)5-9(10)17-2/h4-5,12H,3H2,1-2H3. The summed E-state index contributed by atoms with van der Waals surface area (Å²) in [5, 5.41) is 8.96. The van der Waals surface area contributed by atoms with Crippen LogP contribution in [0.15, 0.2) is 12.1 Å². The highest BCUT2D eigenvalue weighted by molar-refractivity contribution is 5.95. The van der Waals surface area contributed by atoms with Crippen molar-refractivity contribution >= 4 is 5.97 Å². The Bertz CT molecular complexity index is 511. The Hall–Kier alpha value is -2.36. The minimum Gasteiger partial charge on any atom is -0.496 e. The lowest BCUT2D eigenvalue weighted by Crippen LogP contribution is -2.10. The van der Waals surface area contributed by atoms with E-state index >= 15 is 0 Å². The summed E-state index contributed by atoms with van der Waals surface area (Å²) in [5.74, 6) is -1.09. The number of rotatable bonds is 5. The van der Waals surface area contributed by atoms with E-state index in [-0.39, 0.29) is 29.2 Å². The van der Waals surface area contributed by atoms with E-state index in [0.29, 0.717) is 0 Å². The average Bonchev–Trinajstić information content (AvgIpc) is 2.36. The van der Waals surface area contributed by atoms with Crippen molar-refractivity contribution in [3.8, 4) is 17.6 Å². The van der Waals surface area contributed by atoms with Crippen LogP contribution in [-0.2, 0) is 4.74 Å². The molecule has 0 atom stereocenters. The predicted octanol–water partition coefficient (Wildman–Crippen LogP) is 2.34. The SMILES string of the molecule is CCOC(=O)c1c(C#N)cc(OC(F)F)cc1OC. The zero-order valence-corrected chi connectivity index (χ0v) is 10.3. The first kappa shape index (κ1) is 14.7. The van der Waals surface area contributed by atoms with Crippen LogP contribution in [0.2, 0.25) is 0 Å². The normalized spacial score (nSPS) is 9.89. The molecule has 0 saturated heterocycles. The summed E-state index contributed by atoms with van der Waals surface area (Å²) < 4.78 is 38.1. The fourth-order valence-electron chi connectivity index (χ4n) is 1.42. The van der Waals surface area contributed by atoms with Crippen molar-refractivity contribution in [1.82, 2.24) is 0 Å². The minimum absolute atomic E-state index is 0.0619. The van der Waals surface area contributed by atoms with Gasteiger partial charge in [-0.05, 0) is 13.0 Å². The minimum atomic E-state index is -3.04. The smallest absolute Gasteiger partial charge is 0.387 e. The van der Waals surface area contributed by atoms with E-state index in [1.165, 1.54) is 7.11 Å². The van der Waals surface area contributed by atoms with Gasteiger partial charge >= 0.3 is 12.6 Å². The zero-order chi connectivity index (χ0) is 14.4. The van der Waals surface area contributed by atoms with E-state index in [4.69, 9.17) is 14.7 Å². The molecule has 0 aliphatic carbocycles. The first-order chi connectivity index (χ1) is 9.03. The van der Waals surface area contributed by atoms with Crippen LogP contribution >= 0.6 is 0 Å². The summed E-state index contributed by atoms with van der Waals surface area (Å²) in [5.41, 5.74) is -0.276. The van der Waals surface area contributed by atoms with E-state index in [1.54, 1.807) is 13.0 Å². The van der Waals surface area contributed by atoms with Crippen molar-refractivity contribution in [1.29, 1.82) is 5.26 Å². The second-order valence-electron chi connectivity index (χ2n) is 3.26. The van der Waals surface area contributed by atoms with Gasteiger partial charge in [0.1, 0.15) is 23.1 Å². The Morgan fingerprint density at radius 3 is 2.63 bits per heavy atom. The number of nitrogens with zero attached hydrogens (tertiary/aromatic N) is 1. The predicted molar refractivity (Wildman–Crippen MR) is 60.3 cm³/mol. The molecule has 0 bridgehead atoms.